The van der Waals surface area contributed by atoms with Crippen LogP contribution in [-0.2, 0) is 38.0 Å². The van der Waals surface area contributed by atoms with Crippen LogP contribution in [-0.4, -0.2) is 61.1 Å². The van der Waals surface area contributed by atoms with Crippen LogP contribution in [0.15, 0.2) is 54.6 Å². The molecule has 5 rings (SSSR count). The maximum absolute atomic E-state index is 14.4. The van der Waals surface area contributed by atoms with Gasteiger partial charge in [0, 0.05) is 40.4 Å². The summed E-state index contributed by atoms with van der Waals surface area (Å²) in [6.45, 7) is -0.0639. The molecule has 2 aliphatic rings. The van der Waals surface area contributed by atoms with E-state index in [9.17, 15) is 22.8 Å². The highest BCUT2D eigenvalue weighted by molar-refractivity contribution is 7.88. The van der Waals surface area contributed by atoms with Crippen molar-refractivity contribution in [3.8, 4) is 0 Å². The Morgan fingerprint density at radius 3 is 2.47 bits per heavy atom. The highest BCUT2D eigenvalue weighted by Gasteiger charge is 2.49. The lowest BCUT2D eigenvalue weighted by Crippen LogP contribution is -2.59. The van der Waals surface area contributed by atoms with Crippen LogP contribution in [0.4, 0.5) is 0 Å². The Labute approximate surface area is 271 Å². The number of carbonyl (C=O) groups is 3. The van der Waals surface area contributed by atoms with Gasteiger partial charge in [0.1, 0.15) is 12.3 Å². The average Bonchev–Trinajstić information content (AvgIpc) is 3.36. The van der Waals surface area contributed by atoms with Crippen molar-refractivity contribution in [1.82, 2.24) is 19.7 Å². The number of amides is 2. The first-order chi connectivity index (χ1) is 21.4. The molecule has 4 atom stereocenters. The normalized spacial score (nSPS) is 21.7. The number of hydrogen-bond acceptors (Lipinski definition) is 7. The smallest absolute Gasteiger partial charge is 0.354 e. The van der Waals surface area contributed by atoms with Crippen LogP contribution in [0.25, 0.3) is 0 Å². The molecule has 2 aromatic carbocycles. The number of nitrogens with one attached hydrogen (secondary N) is 2. The maximum Gasteiger partial charge on any atom is 0.354 e. The number of rotatable bonds is 9. The van der Waals surface area contributed by atoms with Crippen LogP contribution in [0.3, 0.4) is 0 Å². The van der Waals surface area contributed by atoms with Crippen molar-refractivity contribution in [3.05, 3.63) is 92.7 Å². The molecule has 0 bridgehead atoms. The number of methoxy groups -OCH3 is 1. The number of nitrogens with zero attached hydrogens (tertiary/aromatic N) is 2. The van der Waals surface area contributed by atoms with Gasteiger partial charge in [-0.1, -0.05) is 60.3 Å². The third kappa shape index (κ3) is 6.90. The molecule has 1 aliphatic heterocycles. The Bertz CT molecular complexity index is 1730. The molecule has 0 saturated heterocycles. The monoisotopic (exact) mass is 676 g/mol. The van der Waals surface area contributed by atoms with Gasteiger partial charge in [0.05, 0.1) is 25.3 Å². The summed E-state index contributed by atoms with van der Waals surface area (Å²) in [6.07, 6.45) is 3.68. The third-order valence-electron chi connectivity index (χ3n) is 8.41. The summed E-state index contributed by atoms with van der Waals surface area (Å²) in [5, 5.41) is 0.635. The number of fused-ring (bicyclic) bond motifs is 1. The Kier molecular flexibility index (Phi) is 9.90. The molecule has 0 unspecified atom stereocenters. The molecule has 3 aromatic rings. The highest BCUT2D eigenvalue weighted by atomic mass is 35.5. The SMILES string of the molecule is COC(=O)c1ccc(CONC(=O)[C@@H]2c3ccccc3C(=O)N([C@H]3CCCC[C@@H]3NS(C)(=O)=O)[C@H]2c2ccc(Cl)cc2Cl)n1C. The largest absolute Gasteiger partial charge is 0.464 e. The Morgan fingerprint density at radius 2 is 1.76 bits per heavy atom. The second-order valence-electron chi connectivity index (χ2n) is 11.3. The van der Waals surface area contributed by atoms with Crippen molar-refractivity contribution in [2.24, 2.45) is 7.05 Å². The second kappa shape index (κ2) is 13.5. The van der Waals surface area contributed by atoms with E-state index in [-0.39, 0.29) is 17.5 Å². The van der Waals surface area contributed by atoms with E-state index in [1.54, 1.807) is 71.1 Å². The minimum absolute atomic E-state index is 0.0639. The van der Waals surface area contributed by atoms with Crippen molar-refractivity contribution in [2.75, 3.05) is 13.4 Å². The summed E-state index contributed by atoms with van der Waals surface area (Å²) in [7, 11) is -0.641. The molecule has 1 saturated carbocycles. The fourth-order valence-corrected chi connectivity index (χ4v) is 7.73. The number of benzene rings is 2. The minimum atomic E-state index is -3.61. The van der Waals surface area contributed by atoms with Gasteiger partial charge in [0.2, 0.25) is 10.0 Å². The van der Waals surface area contributed by atoms with Crippen LogP contribution >= 0.6 is 23.2 Å². The molecule has 14 heteroatoms. The van der Waals surface area contributed by atoms with Crippen molar-refractivity contribution in [1.29, 1.82) is 0 Å². The van der Waals surface area contributed by atoms with Crippen LogP contribution in [0, 0.1) is 0 Å². The number of hydrogen-bond donors (Lipinski definition) is 2. The van der Waals surface area contributed by atoms with Crippen LogP contribution in [0.1, 0.15) is 75.3 Å². The molecule has 2 N–H and O–H groups in total. The molecule has 1 aliphatic carbocycles. The van der Waals surface area contributed by atoms with Gasteiger partial charge in [0.25, 0.3) is 11.8 Å². The molecule has 1 aromatic heterocycles. The first-order valence-corrected chi connectivity index (χ1v) is 17.0. The number of hydroxylamine groups is 1. The number of sulfonamides is 1. The fourth-order valence-electron chi connectivity index (χ4n) is 6.38. The van der Waals surface area contributed by atoms with Gasteiger partial charge in [-0.25, -0.2) is 23.4 Å². The lowest BCUT2D eigenvalue weighted by Gasteiger charge is -2.49. The van der Waals surface area contributed by atoms with E-state index in [1.807, 2.05) is 0 Å². The lowest BCUT2D eigenvalue weighted by atomic mass is 9.76. The average molecular weight is 678 g/mol. The molecule has 2 heterocycles. The molecular formula is C31H34Cl2N4O7S. The van der Waals surface area contributed by atoms with E-state index in [4.69, 9.17) is 32.8 Å². The zero-order valence-electron chi connectivity index (χ0n) is 25.0. The molecule has 0 spiro atoms. The Hall–Kier alpha value is -3.42. The van der Waals surface area contributed by atoms with Gasteiger partial charge in [-0.2, -0.15) is 0 Å². The number of esters is 1. The summed E-state index contributed by atoms with van der Waals surface area (Å²) in [6, 6.07) is 12.9. The molecule has 240 valence electrons. The zero-order chi connectivity index (χ0) is 32.5. The van der Waals surface area contributed by atoms with Gasteiger partial charge in [-0.3, -0.25) is 14.4 Å². The predicted molar refractivity (Wildman–Crippen MR) is 168 cm³/mol. The Morgan fingerprint density at radius 1 is 1.02 bits per heavy atom. The van der Waals surface area contributed by atoms with Crippen LogP contribution < -0.4 is 10.2 Å². The molecule has 11 nitrogen and oxygen atoms in total. The standard InChI is InChI=1S/C31H34Cl2N4O7S/c1-36-19(13-15-26(36)31(40)43-2)17-44-34-29(38)27-20-8-4-5-9-21(20)30(39)37(28(27)22-14-12-18(32)16-23(22)33)25-11-7-6-10-24(25)35-45(3,41)42/h4-5,8-9,12-16,24-25,27-28,35H,6-7,10-11,17H2,1-3H3,(H,34,38)/t24-,25-,27+,28-/m0/s1. The van der Waals surface area contributed by atoms with Crippen LogP contribution in [0.5, 0.6) is 0 Å². The van der Waals surface area contributed by atoms with Gasteiger partial charge < -0.3 is 14.2 Å². The predicted octanol–water partition coefficient (Wildman–Crippen LogP) is 4.51. The maximum atomic E-state index is 14.4. The van der Waals surface area contributed by atoms with E-state index in [2.05, 4.69) is 10.2 Å². The number of carbonyl (C=O) groups excluding carboxylic acids is 3. The quantitative estimate of drug-likeness (QED) is 0.251. The minimum Gasteiger partial charge on any atom is -0.464 e. The van der Waals surface area contributed by atoms with Gasteiger partial charge >= 0.3 is 5.97 Å². The summed E-state index contributed by atoms with van der Waals surface area (Å²) >= 11 is 13.0. The van der Waals surface area contributed by atoms with Crippen molar-refractivity contribution < 1.29 is 32.4 Å². The lowest BCUT2D eigenvalue weighted by molar-refractivity contribution is -0.138. The number of aromatic nitrogens is 1. The molecule has 1 fully saturated rings. The van der Waals surface area contributed by atoms with E-state index >= 15 is 0 Å². The Balaban J connectivity index is 1.55. The summed E-state index contributed by atoms with van der Waals surface area (Å²) < 4.78 is 33.9. The van der Waals surface area contributed by atoms with E-state index in [0.717, 1.165) is 19.1 Å². The first-order valence-electron chi connectivity index (χ1n) is 14.4. The van der Waals surface area contributed by atoms with Crippen molar-refractivity contribution in [2.45, 2.75) is 56.3 Å². The molecule has 2 amide bonds. The van der Waals surface area contributed by atoms with Gasteiger partial charge in [-0.15, -0.1) is 0 Å². The zero-order valence-corrected chi connectivity index (χ0v) is 27.3. The van der Waals surface area contributed by atoms with E-state index < -0.39 is 45.9 Å². The van der Waals surface area contributed by atoms with Gasteiger partial charge in [0.15, 0.2) is 0 Å². The van der Waals surface area contributed by atoms with Gasteiger partial charge in [-0.05, 0) is 54.3 Å². The molecule has 45 heavy (non-hydrogen) atoms. The van der Waals surface area contributed by atoms with E-state index in [1.165, 1.54) is 7.11 Å². The van der Waals surface area contributed by atoms with Crippen molar-refractivity contribution in [3.63, 3.8) is 0 Å². The highest BCUT2D eigenvalue weighted by Crippen LogP contribution is 2.47. The summed E-state index contributed by atoms with van der Waals surface area (Å²) in [5.41, 5.74) is 4.76. The van der Waals surface area contributed by atoms with Crippen LogP contribution in [0.2, 0.25) is 10.0 Å². The number of halogens is 2. The number of ether oxygens (including phenoxy) is 1. The van der Waals surface area contributed by atoms with E-state index in [0.29, 0.717) is 45.9 Å². The summed E-state index contributed by atoms with van der Waals surface area (Å²) in [4.78, 5) is 47.8. The van der Waals surface area contributed by atoms with Crippen molar-refractivity contribution >= 4 is 51.0 Å². The summed E-state index contributed by atoms with van der Waals surface area (Å²) in [5.74, 6) is -2.37. The third-order valence-corrected chi connectivity index (χ3v) is 9.70. The molecule has 0 radical (unpaired) electrons. The first kappa shape index (κ1) is 33.0. The molecular weight excluding hydrogens is 643 g/mol. The topological polar surface area (TPSA) is 136 Å². The fraction of sp³-hybridized carbons (Fsp3) is 0.387. The second-order valence-corrected chi connectivity index (χ2v) is 13.9.